The van der Waals surface area contributed by atoms with E-state index in [9.17, 15) is 0 Å². The van der Waals surface area contributed by atoms with Crippen LogP contribution in [0.1, 0.15) is 49.7 Å². The highest BCUT2D eigenvalue weighted by atomic mass is 16.3. The molecular weight excluding hydrogens is 238 g/mol. The number of nitrogens with zero attached hydrogens (tertiary/aromatic N) is 2. The van der Waals surface area contributed by atoms with Gasteiger partial charge in [-0.25, -0.2) is 0 Å². The van der Waals surface area contributed by atoms with Gasteiger partial charge in [0.05, 0.1) is 5.69 Å². The maximum Gasteiger partial charge on any atom is 0.130 e. The first-order valence-electron chi connectivity index (χ1n) is 6.96. The molecule has 0 aliphatic heterocycles. The molecule has 0 saturated carbocycles. The molecule has 0 radical (unpaired) electrons. The summed E-state index contributed by atoms with van der Waals surface area (Å²) in [5.41, 5.74) is 8.47. The zero-order valence-corrected chi connectivity index (χ0v) is 12.2. The molecular formula is C15H23N3O. The predicted molar refractivity (Wildman–Crippen MR) is 76.2 cm³/mol. The van der Waals surface area contributed by atoms with E-state index >= 15 is 0 Å². The summed E-state index contributed by atoms with van der Waals surface area (Å²) in [6, 6.07) is 6.03. The van der Waals surface area contributed by atoms with Gasteiger partial charge in [0.15, 0.2) is 0 Å². The second kappa shape index (κ2) is 5.61. The first-order chi connectivity index (χ1) is 9.06. The minimum Gasteiger partial charge on any atom is -0.464 e. The Morgan fingerprint density at radius 1 is 1.32 bits per heavy atom. The maximum absolute atomic E-state index is 6.16. The molecule has 0 bridgehead atoms. The highest BCUT2D eigenvalue weighted by molar-refractivity contribution is 5.18. The Bertz CT molecular complexity index is 539. The van der Waals surface area contributed by atoms with Crippen molar-refractivity contribution in [3.63, 3.8) is 0 Å². The maximum atomic E-state index is 6.16. The average Bonchev–Trinajstić information content (AvgIpc) is 2.96. The summed E-state index contributed by atoms with van der Waals surface area (Å²) < 4.78 is 7.79. The molecule has 0 aliphatic carbocycles. The van der Waals surface area contributed by atoms with Crippen LogP contribution in [0.4, 0.5) is 0 Å². The van der Waals surface area contributed by atoms with Crippen molar-refractivity contribution in [1.82, 2.24) is 9.78 Å². The summed E-state index contributed by atoms with van der Waals surface area (Å²) in [6.07, 6.45) is 1.87. The van der Waals surface area contributed by atoms with E-state index in [1.807, 2.05) is 30.7 Å². The van der Waals surface area contributed by atoms with E-state index in [1.54, 1.807) is 0 Å². The van der Waals surface area contributed by atoms with Crippen LogP contribution in [0, 0.1) is 6.92 Å². The lowest BCUT2D eigenvalue weighted by atomic mass is 10.1. The average molecular weight is 261 g/mol. The number of aromatic nitrogens is 2. The highest BCUT2D eigenvalue weighted by Gasteiger charge is 2.24. The van der Waals surface area contributed by atoms with Crippen LogP contribution in [0.25, 0.3) is 0 Å². The summed E-state index contributed by atoms with van der Waals surface area (Å²) in [4.78, 5) is 0. The van der Waals surface area contributed by atoms with Gasteiger partial charge in [0, 0.05) is 11.7 Å². The highest BCUT2D eigenvalue weighted by Crippen LogP contribution is 2.25. The van der Waals surface area contributed by atoms with Gasteiger partial charge >= 0.3 is 0 Å². The molecule has 0 aliphatic rings. The summed E-state index contributed by atoms with van der Waals surface area (Å²) in [5.74, 6) is 1.79. The van der Waals surface area contributed by atoms with Crippen molar-refractivity contribution in [3.05, 3.63) is 41.1 Å². The van der Waals surface area contributed by atoms with Gasteiger partial charge in [0.2, 0.25) is 0 Å². The Hall–Kier alpha value is -1.55. The van der Waals surface area contributed by atoms with Gasteiger partial charge in [0.25, 0.3) is 0 Å². The Balaban J connectivity index is 2.47. The Morgan fingerprint density at radius 2 is 2.05 bits per heavy atom. The van der Waals surface area contributed by atoms with Crippen molar-refractivity contribution >= 4 is 0 Å². The summed E-state index contributed by atoms with van der Waals surface area (Å²) in [6.45, 7) is 8.20. The third kappa shape index (κ3) is 2.73. The molecule has 2 unspecified atom stereocenters. The van der Waals surface area contributed by atoms with E-state index in [2.05, 4.69) is 25.0 Å². The SMILES string of the molecule is CCc1cc(CC)n(C(c2ccc(C)o2)C(C)N)n1. The molecule has 2 N–H and O–H groups in total. The lowest BCUT2D eigenvalue weighted by Crippen LogP contribution is -2.31. The molecule has 2 heterocycles. The van der Waals surface area contributed by atoms with E-state index in [4.69, 9.17) is 10.2 Å². The topological polar surface area (TPSA) is 57.0 Å². The third-order valence-electron chi connectivity index (χ3n) is 3.40. The molecule has 4 heteroatoms. The van der Waals surface area contributed by atoms with Crippen LogP contribution in [0.2, 0.25) is 0 Å². The van der Waals surface area contributed by atoms with Crippen LogP contribution in [0.15, 0.2) is 22.6 Å². The molecule has 2 aromatic rings. The zero-order valence-electron chi connectivity index (χ0n) is 12.2. The number of nitrogens with two attached hydrogens (primary N) is 1. The summed E-state index contributed by atoms with van der Waals surface area (Å²) in [5, 5.41) is 4.68. The van der Waals surface area contributed by atoms with Crippen molar-refractivity contribution in [2.45, 2.75) is 52.6 Å². The molecule has 2 aromatic heterocycles. The molecule has 4 nitrogen and oxygen atoms in total. The summed E-state index contributed by atoms with van der Waals surface area (Å²) in [7, 11) is 0. The second-order valence-corrected chi connectivity index (χ2v) is 5.03. The predicted octanol–water partition coefficient (Wildman–Crippen LogP) is 2.85. The van der Waals surface area contributed by atoms with Crippen molar-refractivity contribution in [1.29, 1.82) is 0 Å². The lowest BCUT2D eigenvalue weighted by molar-refractivity contribution is 0.353. The monoisotopic (exact) mass is 261 g/mol. The van der Waals surface area contributed by atoms with Crippen molar-refractivity contribution in [3.8, 4) is 0 Å². The fourth-order valence-electron chi connectivity index (χ4n) is 2.38. The fourth-order valence-corrected chi connectivity index (χ4v) is 2.38. The van der Waals surface area contributed by atoms with Gasteiger partial charge < -0.3 is 10.2 Å². The van der Waals surface area contributed by atoms with Gasteiger partial charge in [-0.3, -0.25) is 4.68 Å². The first-order valence-corrected chi connectivity index (χ1v) is 6.96. The molecule has 2 rings (SSSR count). The Labute approximate surface area is 114 Å². The molecule has 104 valence electrons. The number of furan rings is 1. The lowest BCUT2D eigenvalue weighted by Gasteiger charge is -2.21. The van der Waals surface area contributed by atoms with Crippen LogP contribution < -0.4 is 5.73 Å². The van der Waals surface area contributed by atoms with E-state index in [1.165, 1.54) is 5.69 Å². The fraction of sp³-hybridized carbons (Fsp3) is 0.533. The summed E-state index contributed by atoms with van der Waals surface area (Å²) >= 11 is 0. The quantitative estimate of drug-likeness (QED) is 0.900. The molecule has 0 spiro atoms. The van der Waals surface area contributed by atoms with Crippen LogP contribution in [-0.2, 0) is 12.8 Å². The van der Waals surface area contributed by atoms with Crippen LogP contribution in [-0.4, -0.2) is 15.8 Å². The molecule has 0 fully saturated rings. The van der Waals surface area contributed by atoms with Crippen LogP contribution >= 0.6 is 0 Å². The number of aryl methyl sites for hydroxylation is 3. The van der Waals surface area contributed by atoms with Crippen molar-refractivity contribution < 1.29 is 4.42 Å². The molecule has 0 saturated heterocycles. The molecule has 2 atom stereocenters. The molecule has 0 aromatic carbocycles. The van der Waals surface area contributed by atoms with Gasteiger partial charge in [-0.2, -0.15) is 5.10 Å². The van der Waals surface area contributed by atoms with E-state index in [-0.39, 0.29) is 12.1 Å². The van der Waals surface area contributed by atoms with Gasteiger partial charge in [-0.15, -0.1) is 0 Å². The third-order valence-corrected chi connectivity index (χ3v) is 3.40. The first kappa shape index (κ1) is 13.9. The van der Waals surface area contributed by atoms with Gasteiger partial charge in [-0.05, 0) is 44.9 Å². The largest absolute Gasteiger partial charge is 0.464 e. The smallest absolute Gasteiger partial charge is 0.130 e. The number of rotatable bonds is 5. The minimum atomic E-state index is -0.0551. The zero-order chi connectivity index (χ0) is 14.0. The van der Waals surface area contributed by atoms with E-state index in [0.717, 1.165) is 30.1 Å². The Kier molecular flexibility index (Phi) is 4.10. The van der Waals surface area contributed by atoms with Gasteiger partial charge in [0.1, 0.15) is 17.6 Å². The van der Waals surface area contributed by atoms with Gasteiger partial charge in [-0.1, -0.05) is 13.8 Å². The molecule has 19 heavy (non-hydrogen) atoms. The van der Waals surface area contributed by atoms with Crippen molar-refractivity contribution in [2.24, 2.45) is 5.73 Å². The normalized spacial score (nSPS) is 14.6. The van der Waals surface area contributed by atoms with Crippen molar-refractivity contribution in [2.75, 3.05) is 0 Å². The molecule has 0 amide bonds. The minimum absolute atomic E-state index is 0.0380. The van der Waals surface area contributed by atoms with Crippen LogP contribution in [0.5, 0.6) is 0 Å². The Morgan fingerprint density at radius 3 is 2.53 bits per heavy atom. The number of hydrogen-bond donors (Lipinski definition) is 1. The standard InChI is InChI=1S/C15H23N3O/c1-5-12-9-13(6-2)18(17-12)15(11(4)16)14-8-7-10(3)19-14/h7-9,11,15H,5-6,16H2,1-4H3. The van der Waals surface area contributed by atoms with E-state index in [0.29, 0.717) is 0 Å². The number of hydrogen-bond acceptors (Lipinski definition) is 3. The van der Waals surface area contributed by atoms with Crippen LogP contribution in [0.3, 0.4) is 0 Å². The van der Waals surface area contributed by atoms with E-state index < -0.39 is 0 Å². The second-order valence-electron chi connectivity index (χ2n) is 5.03.